The van der Waals surface area contributed by atoms with Crippen LogP contribution in [0, 0.1) is 30.9 Å². The minimum Gasteiger partial charge on any atom is -0.489 e. The number of hydrogen-bond acceptors (Lipinski definition) is 6. The van der Waals surface area contributed by atoms with Crippen molar-refractivity contribution in [1.82, 2.24) is 14.8 Å². The van der Waals surface area contributed by atoms with E-state index >= 15 is 0 Å². The first kappa shape index (κ1) is 24.9. The van der Waals surface area contributed by atoms with Crippen LogP contribution < -0.4 is 4.74 Å². The van der Waals surface area contributed by atoms with E-state index in [1.54, 1.807) is 0 Å². The van der Waals surface area contributed by atoms with E-state index in [0.717, 1.165) is 26.9 Å². The average molecular weight is 553 g/mol. The van der Waals surface area contributed by atoms with Gasteiger partial charge in [0, 0.05) is 20.6 Å². The number of nitro groups is 1. The summed E-state index contributed by atoms with van der Waals surface area (Å²) in [5.74, 6) is 1.32. The van der Waals surface area contributed by atoms with E-state index in [1.807, 2.05) is 66.1 Å². The smallest absolute Gasteiger partial charge is 0.220 e. The molecule has 0 saturated heterocycles. The van der Waals surface area contributed by atoms with Gasteiger partial charge in [0.05, 0.1) is 0 Å². The fraction of sp³-hybridized carbons (Fsp3) is 0.231. The van der Waals surface area contributed by atoms with Crippen molar-refractivity contribution in [2.45, 2.75) is 37.8 Å². The van der Waals surface area contributed by atoms with Gasteiger partial charge in [0.25, 0.3) is 0 Å². The highest BCUT2D eigenvalue weighted by atomic mass is 79.9. The number of ether oxygens (including phenoxy) is 1. The molecule has 0 aliphatic carbocycles. The first-order valence-corrected chi connectivity index (χ1v) is 12.7. The largest absolute Gasteiger partial charge is 0.489 e. The van der Waals surface area contributed by atoms with Gasteiger partial charge in [0.1, 0.15) is 23.4 Å². The highest BCUT2D eigenvalue weighted by molar-refractivity contribution is 9.10. The van der Waals surface area contributed by atoms with Crippen LogP contribution in [0.1, 0.15) is 33.3 Å². The molecule has 3 aromatic carbocycles. The highest BCUT2D eigenvalue weighted by Gasteiger charge is 2.27. The van der Waals surface area contributed by atoms with E-state index < -0.39 is 5.25 Å². The van der Waals surface area contributed by atoms with Gasteiger partial charge in [-0.05, 0) is 67.8 Å². The number of nitrogens with zero attached hydrogens (tertiary/aromatic N) is 4. The summed E-state index contributed by atoms with van der Waals surface area (Å²) in [6.07, 6.45) is 0. The van der Waals surface area contributed by atoms with E-state index in [-0.39, 0.29) is 11.5 Å². The van der Waals surface area contributed by atoms with Gasteiger partial charge in [0.15, 0.2) is 5.16 Å². The Morgan fingerprint density at radius 2 is 1.80 bits per heavy atom. The minimum atomic E-state index is -0.540. The van der Waals surface area contributed by atoms with Crippen LogP contribution in [0.25, 0.3) is 5.69 Å². The molecule has 0 aliphatic heterocycles. The zero-order chi connectivity index (χ0) is 24.9. The second-order valence-corrected chi connectivity index (χ2v) is 10.3. The minimum absolute atomic E-state index is 0.290. The quantitative estimate of drug-likeness (QED) is 0.131. The fourth-order valence-electron chi connectivity index (χ4n) is 3.68. The molecule has 0 N–H and O–H groups in total. The van der Waals surface area contributed by atoms with Crippen LogP contribution in [-0.2, 0) is 6.61 Å². The molecule has 1 heterocycles. The molecule has 7 nitrogen and oxygen atoms in total. The molecule has 0 unspecified atom stereocenters. The second-order valence-electron chi connectivity index (χ2n) is 8.21. The van der Waals surface area contributed by atoms with Crippen molar-refractivity contribution >= 4 is 27.7 Å². The molecular formula is C26H25BrN4O3S. The molecule has 0 spiro atoms. The van der Waals surface area contributed by atoms with Gasteiger partial charge in [0.2, 0.25) is 6.54 Å². The lowest BCUT2D eigenvalue weighted by molar-refractivity contribution is -0.479. The average Bonchev–Trinajstić information content (AvgIpc) is 3.19. The topological polar surface area (TPSA) is 83.1 Å². The Morgan fingerprint density at radius 3 is 2.51 bits per heavy atom. The summed E-state index contributed by atoms with van der Waals surface area (Å²) in [6, 6.07) is 21.6. The van der Waals surface area contributed by atoms with Crippen LogP contribution in [0.15, 0.2) is 76.4 Å². The zero-order valence-corrected chi connectivity index (χ0v) is 22.0. The van der Waals surface area contributed by atoms with Crippen LogP contribution in [-0.4, -0.2) is 26.2 Å². The van der Waals surface area contributed by atoms with E-state index in [1.165, 1.54) is 17.3 Å². The maximum Gasteiger partial charge on any atom is 0.220 e. The maximum atomic E-state index is 11.7. The van der Waals surface area contributed by atoms with Gasteiger partial charge < -0.3 is 4.74 Å². The number of aromatic nitrogens is 3. The van der Waals surface area contributed by atoms with Crippen LogP contribution in [0.5, 0.6) is 5.75 Å². The summed E-state index contributed by atoms with van der Waals surface area (Å²) in [4.78, 5) is 11.4. The molecule has 1 atom stereocenters. The molecule has 0 saturated carbocycles. The van der Waals surface area contributed by atoms with Gasteiger partial charge in [-0.15, -0.1) is 10.2 Å². The Kier molecular flexibility index (Phi) is 7.87. The van der Waals surface area contributed by atoms with Crippen LogP contribution in [0.3, 0.4) is 0 Å². The molecule has 0 fully saturated rings. The molecule has 0 amide bonds. The van der Waals surface area contributed by atoms with Crippen molar-refractivity contribution in [1.29, 1.82) is 0 Å². The Balaban J connectivity index is 1.69. The SMILES string of the molecule is Cc1ccc(-n2c(C)nnc2S[C@H](C[N+](=O)[O-])c2cc(Br)ccc2OCc2ccccc2)cc1C. The highest BCUT2D eigenvalue weighted by Crippen LogP contribution is 2.41. The number of thioether (sulfide) groups is 1. The lowest BCUT2D eigenvalue weighted by Gasteiger charge is -2.18. The normalized spacial score (nSPS) is 11.9. The summed E-state index contributed by atoms with van der Waals surface area (Å²) in [6.45, 7) is 6.07. The molecule has 0 aliphatic rings. The number of hydrogen-bond donors (Lipinski definition) is 0. The van der Waals surface area contributed by atoms with Crippen molar-refractivity contribution in [3.8, 4) is 11.4 Å². The summed E-state index contributed by atoms with van der Waals surface area (Å²) < 4.78 is 8.88. The number of rotatable bonds is 9. The summed E-state index contributed by atoms with van der Waals surface area (Å²) in [5.41, 5.74) is 5.01. The number of halogens is 1. The Bertz CT molecular complexity index is 1340. The third kappa shape index (κ3) is 6.10. The lowest BCUT2D eigenvalue weighted by Crippen LogP contribution is -2.13. The molecule has 35 heavy (non-hydrogen) atoms. The maximum absolute atomic E-state index is 11.7. The second kappa shape index (κ2) is 11.0. The fourth-order valence-corrected chi connectivity index (χ4v) is 5.25. The zero-order valence-electron chi connectivity index (χ0n) is 19.6. The van der Waals surface area contributed by atoms with Crippen molar-refractivity contribution in [2.24, 2.45) is 0 Å². The Morgan fingerprint density at radius 1 is 1.03 bits per heavy atom. The van der Waals surface area contributed by atoms with Crippen LogP contribution in [0.2, 0.25) is 0 Å². The summed E-state index contributed by atoms with van der Waals surface area (Å²) in [7, 11) is 0. The first-order valence-electron chi connectivity index (χ1n) is 11.1. The summed E-state index contributed by atoms with van der Waals surface area (Å²) >= 11 is 4.83. The van der Waals surface area contributed by atoms with Gasteiger partial charge in [-0.2, -0.15) is 0 Å². The Hall–Kier alpha value is -3.17. The predicted octanol–water partition coefficient (Wildman–Crippen LogP) is 6.64. The van der Waals surface area contributed by atoms with Gasteiger partial charge in [-0.3, -0.25) is 14.7 Å². The van der Waals surface area contributed by atoms with Gasteiger partial charge in [-0.1, -0.05) is 64.1 Å². The first-order chi connectivity index (χ1) is 16.8. The van der Waals surface area contributed by atoms with E-state index in [0.29, 0.717) is 23.3 Å². The number of aryl methyl sites for hydroxylation is 3. The lowest BCUT2D eigenvalue weighted by atomic mass is 10.1. The van der Waals surface area contributed by atoms with Crippen molar-refractivity contribution in [3.63, 3.8) is 0 Å². The van der Waals surface area contributed by atoms with E-state index in [4.69, 9.17) is 4.74 Å². The molecule has 180 valence electrons. The molecule has 4 aromatic rings. The molecular weight excluding hydrogens is 528 g/mol. The van der Waals surface area contributed by atoms with Crippen molar-refractivity contribution in [3.05, 3.63) is 109 Å². The van der Waals surface area contributed by atoms with Gasteiger partial charge in [-0.25, -0.2) is 0 Å². The van der Waals surface area contributed by atoms with E-state index in [9.17, 15) is 10.1 Å². The van der Waals surface area contributed by atoms with Crippen LogP contribution >= 0.6 is 27.7 Å². The monoisotopic (exact) mass is 552 g/mol. The van der Waals surface area contributed by atoms with Crippen molar-refractivity contribution < 1.29 is 9.66 Å². The Labute approximate surface area is 216 Å². The number of benzene rings is 3. The summed E-state index contributed by atoms with van der Waals surface area (Å²) in [5, 5.41) is 20.4. The molecule has 9 heteroatoms. The standard InChI is InChI=1S/C26H25BrN4O3S/c1-17-9-11-22(13-18(17)2)31-19(3)28-29-26(31)35-25(15-30(32)33)23-14-21(27)10-12-24(23)34-16-20-7-5-4-6-8-20/h4-14,25H,15-16H2,1-3H3/t25-/m1/s1. The van der Waals surface area contributed by atoms with Crippen LogP contribution in [0.4, 0.5) is 0 Å². The third-order valence-electron chi connectivity index (χ3n) is 5.66. The molecule has 1 aromatic heterocycles. The molecule has 0 radical (unpaired) electrons. The van der Waals surface area contributed by atoms with Gasteiger partial charge >= 0.3 is 0 Å². The predicted molar refractivity (Wildman–Crippen MR) is 141 cm³/mol. The van der Waals surface area contributed by atoms with E-state index in [2.05, 4.69) is 52.1 Å². The molecule has 0 bridgehead atoms. The molecule has 4 rings (SSSR count). The third-order valence-corrected chi connectivity index (χ3v) is 7.32. The van der Waals surface area contributed by atoms with Crippen molar-refractivity contribution in [2.75, 3.05) is 6.54 Å².